The highest BCUT2D eigenvalue weighted by molar-refractivity contribution is 7.89. The fraction of sp³-hybridized carbons (Fsp3) is 0.200. The number of benzene rings is 2. The fourth-order valence-electron chi connectivity index (χ4n) is 3.54. The van der Waals surface area contributed by atoms with Crippen molar-refractivity contribution in [2.75, 3.05) is 6.54 Å². The fourth-order valence-corrected chi connectivity index (χ4v) is 4.90. The summed E-state index contributed by atoms with van der Waals surface area (Å²) in [6.07, 6.45) is 6.74. The first-order chi connectivity index (χ1) is 16.3. The molecule has 0 saturated carbocycles. The van der Waals surface area contributed by atoms with Gasteiger partial charge in [-0.15, -0.1) is 0 Å². The number of aromatic nitrogens is 2. The number of amides is 1. The van der Waals surface area contributed by atoms with Crippen molar-refractivity contribution in [1.82, 2.24) is 19.2 Å². The first-order valence-electron chi connectivity index (χ1n) is 10.8. The van der Waals surface area contributed by atoms with E-state index in [9.17, 15) is 13.2 Å². The molecule has 2 aromatic carbocycles. The van der Waals surface area contributed by atoms with Gasteiger partial charge in [-0.2, -0.15) is 4.31 Å². The number of carbonyl (C=O) groups excluding carboxylic acids is 1. The summed E-state index contributed by atoms with van der Waals surface area (Å²) in [6.45, 7) is 3.35. The Hall–Kier alpha value is -3.69. The number of aryl methyl sites for hydroxylation is 1. The van der Waals surface area contributed by atoms with E-state index in [0.29, 0.717) is 5.76 Å². The number of nitrogens with zero attached hydrogens (tertiary/aromatic N) is 3. The molecular formula is C25H26N4O4S. The van der Waals surface area contributed by atoms with Crippen molar-refractivity contribution < 1.29 is 17.6 Å². The standard InChI is InChI=1S/C25H26N4O4S/c1-19-5-11-24(12-6-19)34(31,32)29(16-23-4-3-15-33-23)17-25(30)27-20(2)21-7-9-22(10-8-21)28-14-13-26-18-28/h3-15,18,20H,16-17H2,1-2H3,(H,27,30)/t20-/m1/s1. The summed E-state index contributed by atoms with van der Waals surface area (Å²) in [5, 5.41) is 2.90. The van der Waals surface area contributed by atoms with Crippen molar-refractivity contribution in [3.05, 3.63) is 103 Å². The van der Waals surface area contributed by atoms with Crippen LogP contribution < -0.4 is 5.32 Å². The molecule has 34 heavy (non-hydrogen) atoms. The Balaban J connectivity index is 1.48. The summed E-state index contributed by atoms with van der Waals surface area (Å²) < 4.78 is 35.0. The van der Waals surface area contributed by atoms with Crippen LogP contribution in [0, 0.1) is 6.92 Å². The number of nitrogens with one attached hydrogen (secondary N) is 1. The summed E-state index contributed by atoms with van der Waals surface area (Å²) in [7, 11) is -3.92. The first kappa shape index (κ1) is 23.5. The van der Waals surface area contributed by atoms with Crippen LogP contribution in [0.2, 0.25) is 0 Å². The molecule has 1 N–H and O–H groups in total. The first-order valence-corrected chi connectivity index (χ1v) is 12.2. The van der Waals surface area contributed by atoms with E-state index in [1.54, 1.807) is 48.9 Å². The molecule has 2 aromatic heterocycles. The lowest BCUT2D eigenvalue weighted by Gasteiger charge is -2.22. The molecule has 176 valence electrons. The second-order valence-corrected chi connectivity index (χ2v) is 9.95. The van der Waals surface area contributed by atoms with Crippen LogP contribution in [0.1, 0.15) is 29.9 Å². The molecule has 2 heterocycles. The maximum Gasteiger partial charge on any atom is 0.243 e. The molecule has 1 atom stereocenters. The number of hydrogen-bond acceptors (Lipinski definition) is 5. The summed E-state index contributed by atoms with van der Waals surface area (Å²) in [5.41, 5.74) is 2.80. The van der Waals surface area contributed by atoms with E-state index in [0.717, 1.165) is 21.1 Å². The van der Waals surface area contributed by atoms with Crippen LogP contribution in [-0.2, 0) is 21.4 Å². The maximum atomic E-state index is 13.3. The minimum atomic E-state index is -3.92. The van der Waals surface area contributed by atoms with Crippen molar-refractivity contribution in [2.45, 2.75) is 31.3 Å². The van der Waals surface area contributed by atoms with Gasteiger partial charge in [0, 0.05) is 18.1 Å². The minimum Gasteiger partial charge on any atom is -0.468 e. The lowest BCUT2D eigenvalue weighted by Crippen LogP contribution is -2.41. The molecular weight excluding hydrogens is 452 g/mol. The van der Waals surface area contributed by atoms with Crippen molar-refractivity contribution >= 4 is 15.9 Å². The van der Waals surface area contributed by atoms with E-state index in [4.69, 9.17) is 4.42 Å². The molecule has 0 unspecified atom stereocenters. The second kappa shape index (κ2) is 10.1. The van der Waals surface area contributed by atoms with Gasteiger partial charge in [0.2, 0.25) is 15.9 Å². The van der Waals surface area contributed by atoms with Gasteiger partial charge < -0.3 is 14.3 Å². The topological polar surface area (TPSA) is 97.4 Å². The van der Waals surface area contributed by atoms with Gasteiger partial charge in [0.25, 0.3) is 0 Å². The number of furan rings is 1. The molecule has 0 radical (unpaired) electrons. The molecule has 0 bridgehead atoms. The van der Waals surface area contributed by atoms with Crippen LogP contribution in [0.3, 0.4) is 0 Å². The number of carbonyl (C=O) groups is 1. The van der Waals surface area contributed by atoms with E-state index >= 15 is 0 Å². The third-order valence-corrected chi connectivity index (χ3v) is 7.27. The normalized spacial score (nSPS) is 12.6. The van der Waals surface area contributed by atoms with Crippen LogP contribution in [0.4, 0.5) is 0 Å². The van der Waals surface area contributed by atoms with Crippen molar-refractivity contribution in [1.29, 1.82) is 0 Å². The number of imidazole rings is 1. The average molecular weight is 479 g/mol. The number of hydrogen-bond donors (Lipinski definition) is 1. The summed E-state index contributed by atoms with van der Waals surface area (Å²) in [6, 6.07) is 17.3. The molecule has 0 fully saturated rings. The zero-order chi connectivity index (χ0) is 24.1. The van der Waals surface area contributed by atoms with Gasteiger partial charge >= 0.3 is 0 Å². The van der Waals surface area contributed by atoms with E-state index in [2.05, 4.69) is 10.3 Å². The predicted octanol–water partition coefficient (Wildman–Crippen LogP) is 3.84. The molecule has 1 amide bonds. The molecule has 9 heteroatoms. The molecule has 4 aromatic rings. The Labute approximate surface area is 198 Å². The zero-order valence-corrected chi connectivity index (χ0v) is 19.8. The van der Waals surface area contributed by atoms with E-state index in [-0.39, 0.29) is 24.0 Å². The largest absolute Gasteiger partial charge is 0.468 e. The second-order valence-electron chi connectivity index (χ2n) is 8.02. The Kier molecular flexibility index (Phi) is 6.95. The molecule has 4 rings (SSSR count). The summed E-state index contributed by atoms with van der Waals surface area (Å²) >= 11 is 0. The van der Waals surface area contributed by atoms with Crippen molar-refractivity contribution in [3.8, 4) is 5.69 Å². The molecule has 0 spiro atoms. The Bertz CT molecular complexity index is 1310. The van der Waals surface area contributed by atoms with Gasteiger partial charge in [-0.3, -0.25) is 4.79 Å². The van der Waals surface area contributed by atoms with E-state index in [1.165, 1.54) is 6.26 Å². The predicted molar refractivity (Wildman–Crippen MR) is 128 cm³/mol. The third-order valence-electron chi connectivity index (χ3n) is 5.46. The average Bonchev–Trinajstić information content (AvgIpc) is 3.54. The Morgan fingerprint density at radius 2 is 1.85 bits per heavy atom. The van der Waals surface area contributed by atoms with E-state index < -0.39 is 15.9 Å². The Morgan fingerprint density at radius 3 is 2.47 bits per heavy atom. The highest BCUT2D eigenvalue weighted by Crippen LogP contribution is 2.20. The molecule has 0 saturated heterocycles. The lowest BCUT2D eigenvalue weighted by atomic mass is 10.1. The molecule has 0 aliphatic heterocycles. The van der Waals surface area contributed by atoms with Gasteiger partial charge in [-0.05, 0) is 55.8 Å². The van der Waals surface area contributed by atoms with Gasteiger partial charge in [-0.25, -0.2) is 13.4 Å². The van der Waals surface area contributed by atoms with Crippen LogP contribution in [0.5, 0.6) is 0 Å². The smallest absolute Gasteiger partial charge is 0.243 e. The maximum absolute atomic E-state index is 13.3. The molecule has 0 aliphatic rings. The van der Waals surface area contributed by atoms with Crippen LogP contribution >= 0.6 is 0 Å². The number of sulfonamides is 1. The van der Waals surface area contributed by atoms with Gasteiger partial charge in [-0.1, -0.05) is 29.8 Å². The van der Waals surface area contributed by atoms with Gasteiger partial charge in [0.15, 0.2) is 0 Å². The van der Waals surface area contributed by atoms with E-state index in [1.807, 2.05) is 48.9 Å². The van der Waals surface area contributed by atoms with Gasteiger partial charge in [0.1, 0.15) is 5.76 Å². The third kappa shape index (κ3) is 5.44. The SMILES string of the molecule is Cc1ccc(S(=O)(=O)N(CC(=O)N[C@H](C)c2ccc(-n3ccnc3)cc2)Cc2ccco2)cc1. The van der Waals surface area contributed by atoms with Crippen molar-refractivity contribution in [3.63, 3.8) is 0 Å². The highest BCUT2D eigenvalue weighted by atomic mass is 32.2. The zero-order valence-electron chi connectivity index (χ0n) is 19.0. The Morgan fingerprint density at radius 1 is 1.12 bits per heavy atom. The van der Waals surface area contributed by atoms with Crippen molar-refractivity contribution in [2.24, 2.45) is 0 Å². The monoisotopic (exact) mass is 478 g/mol. The minimum absolute atomic E-state index is 0.0510. The molecule has 8 nitrogen and oxygen atoms in total. The summed E-state index contributed by atoms with van der Waals surface area (Å²) in [4.78, 5) is 17.1. The number of rotatable bonds is 9. The van der Waals surface area contributed by atoms with Crippen LogP contribution in [0.25, 0.3) is 5.69 Å². The van der Waals surface area contributed by atoms with Gasteiger partial charge in [0.05, 0.1) is 36.6 Å². The lowest BCUT2D eigenvalue weighted by molar-refractivity contribution is -0.122. The van der Waals surface area contributed by atoms with Crippen LogP contribution in [-0.4, -0.2) is 34.7 Å². The summed E-state index contributed by atoms with van der Waals surface area (Å²) in [5.74, 6) is 0.0417. The molecule has 0 aliphatic carbocycles. The highest BCUT2D eigenvalue weighted by Gasteiger charge is 2.28. The van der Waals surface area contributed by atoms with Crippen LogP contribution in [0.15, 0.2) is 95.0 Å². The quantitative estimate of drug-likeness (QED) is 0.394.